The molecule has 1 aromatic rings. The molecule has 1 heterocycles. The summed E-state index contributed by atoms with van der Waals surface area (Å²) < 4.78 is 1.70. The quantitative estimate of drug-likeness (QED) is 0.909. The zero-order valence-corrected chi connectivity index (χ0v) is 13.0. The molecule has 0 bridgehead atoms. The molecule has 1 aromatic heterocycles. The van der Waals surface area contributed by atoms with Crippen LogP contribution in [-0.4, -0.2) is 25.8 Å². The van der Waals surface area contributed by atoms with Crippen LogP contribution in [0.15, 0.2) is 0 Å². The van der Waals surface area contributed by atoms with Crippen LogP contribution in [0.1, 0.15) is 53.2 Å². The minimum atomic E-state index is -0.823. The third-order valence-corrected chi connectivity index (χ3v) is 3.81. The van der Waals surface area contributed by atoms with Gasteiger partial charge in [-0.05, 0) is 12.8 Å². The van der Waals surface area contributed by atoms with Crippen molar-refractivity contribution >= 4 is 5.97 Å². The lowest BCUT2D eigenvalue weighted by molar-refractivity contribution is -0.150. The average Bonchev–Trinajstić information content (AvgIpc) is 2.59. The van der Waals surface area contributed by atoms with E-state index in [2.05, 4.69) is 10.1 Å². The van der Waals surface area contributed by atoms with Crippen LogP contribution in [0, 0.1) is 11.3 Å². The first-order valence-corrected chi connectivity index (χ1v) is 6.62. The van der Waals surface area contributed by atoms with E-state index in [1.807, 2.05) is 41.7 Å². The number of hydrogen-bond acceptors (Lipinski definition) is 3. The Morgan fingerprint density at radius 2 is 1.84 bits per heavy atom. The van der Waals surface area contributed by atoms with Crippen LogP contribution in [0.25, 0.3) is 0 Å². The molecule has 0 fully saturated rings. The van der Waals surface area contributed by atoms with Gasteiger partial charge in [0.1, 0.15) is 5.82 Å². The fourth-order valence-corrected chi connectivity index (χ4v) is 1.74. The van der Waals surface area contributed by atoms with Crippen molar-refractivity contribution in [1.82, 2.24) is 14.8 Å². The van der Waals surface area contributed by atoms with Crippen LogP contribution in [0.3, 0.4) is 0 Å². The van der Waals surface area contributed by atoms with Crippen LogP contribution in [0.4, 0.5) is 0 Å². The molecule has 0 saturated carbocycles. The summed E-state index contributed by atoms with van der Waals surface area (Å²) in [6.07, 6.45) is 0.388. The number of hydrogen-bond donors (Lipinski definition) is 1. The molecule has 0 aliphatic rings. The molecule has 0 aliphatic carbocycles. The summed E-state index contributed by atoms with van der Waals surface area (Å²) >= 11 is 0. The maximum absolute atomic E-state index is 11.5. The van der Waals surface area contributed by atoms with Gasteiger partial charge in [-0.15, -0.1) is 0 Å². The highest BCUT2D eigenvalue weighted by Gasteiger charge is 2.38. The highest BCUT2D eigenvalue weighted by Crippen LogP contribution is 2.31. The predicted octanol–water partition coefficient (Wildman–Crippen LogP) is 2.40. The molecular formula is C14H25N3O2. The Balaban J connectivity index is 3.12. The Morgan fingerprint density at radius 1 is 1.32 bits per heavy atom. The summed E-state index contributed by atoms with van der Waals surface area (Å²) in [6.45, 7) is 11.8. The molecule has 1 rings (SSSR count). The molecule has 0 saturated heterocycles. The number of rotatable bonds is 4. The number of carbonyl (C=O) groups is 1. The SMILES string of the molecule is CC(C)C(C)(Cc1nc(C(C)(C)C)nn1C)C(=O)O. The Kier molecular flexibility index (Phi) is 4.08. The van der Waals surface area contributed by atoms with Crippen molar-refractivity contribution in [2.45, 2.75) is 53.4 Å². The predicted molar refractivity (Wildman–Crippen MR) is 74.0 cm³/mol. The first kappa shape index (κ1) is 15.7. The Labute approximate surface area is 115 Å². The van der Waals surface area contributed by atoms with Crippen molar-refractivity contribution in [1.29, 1.82) is 0 Å². The first-order valence-electron chi connectivity index (χ1n) is 6.62. The number of nitrogens with zero attached hydrogens (tertiary/aromatic N) is 3. The number of aryl methyl sites for hydroxylation is 1. The number of carboxylic acid groups (broad SMARTS) is 1. The van der Waals surface area contributed by atoms with Crippen LogP contribution in [0.2, 0.25) is 0 Å². The van der Waals surface area contributed by atoms with E-state index in [0.29, 0.717) is 6.42 Å². The van der Waals surface area contributed by atoms with Gasteiger partial charge in [0.2, 0.25) is 0 Å². The van der Waals surface area contributed by atoms with Gasteiger partial charge in [-0.25, -0.2) is 4.98 Å². The second-order valence-corrected chi connectivity index (χ2v) is 6.78. The molecule has 0 radical (unpaired) electrons. The molecule has 0 aromatic carbocycles. The van der Waals surface area contributed by atoms with E-state index in [1.54, 1.807) is 11.6 Å². The van der Waals surface area contributed by atoms with E-state index in [-0.39, 0.29) is 11.3 Å². The van der Waals surface area contributed by atoms with Crippen LogP contribution in [0.5, 0.6) is 0 Å². The fraction of sp³-hybridized carbons (Fsp3) is 0.786. The standard InChI is InChI=1S/C14H25N3O2/c1-9(2)14(6,12(18)19)8-10-15-11(13(3,4)5)16-17(10)7/h9H,8H2,1-7H3,(H,18,19). The van der Waals surface area contributed by atoms with Gasteiger partial charge < -0.3 is 5.11 Å². The molecule has 1 atom stereocenters. The van der Waals surface area contributed by atoms with Crippen LogP contribution >= 0.6 is 0 Å². The summed E-state index contributed by atoms with van der Waals surface area (Å²) in [4.78, 5) is 16.0. The first-order chi connectivity index (χ1) is 8.48. The molecular weight excluding hydrogens is 242 g/mol. The van der Waals surface area contributed by atoms with Crippen molar-refractivity contribution in [2.24, 2.45) is 18.4 Å². The van der Waals surface area contributed by atoms with Crippen molar-refractivity contribution in [3.05, 3.63) is 11.6 Å². The Hall–Kier alpha value is -1.39. The van der Waals surface area contributed by atoms with Gasteiger partial charge in [0, 0.05) is 18.9 Å². The van der Waals surface area contributed by atoms with Gasteiger partial charge in [0.15, 0.2) is 5.82 Å². The number of aliphatic carboxylic acids is 1. The third kappa shape index (κ3) is 3.14. The van der Waals surface area contributed by atoms with Crippen molar-refractivity contribution in [2.75, 3.05) is 0 Å². The molecule has 5 nitrogen and oxygen atoms in total. The van der Waals surface area contributed by atoms with Crippen molar-refractivity contribution < 1.29 is 9.90 Å². The van der Waals surface area contributed by atoms with E-state index in [0.717, 1.165) is 11.6 Å². The zero-order valence-electron chi connectivity index (χ0n) is 13.0. The van der Waals surface area contributed by atoms with Gasteiger partial charge in [-0.3, -0.25) is 9.48 Å². The lowest BCUT2D eigenvalue weighted by Gasteiger charge is -2.28. The minimum Gasteiger partial charge on any atom is -0.481 e. The van der Waals surface area contributed by atoms with E-state index in [4.69, 9.17) is 0 Å². The van der Waals surface area contributed by atoms with Gasteiger partial charge in [-0.1, -0.05) is 34.6 Å². The largest absolute Gasteiger partial charge is 0.481 e. The molecule has 0 spiro atoms. The maximum atomic E-state index is 11.5. The van der Waals surface area contributed by atoms with Gasteiger partial charge >= 0.3 is 5.97 Å². The second kappa shape index (κ2) is 4.94. The van der Waals surface area contributed by atoms with Gasteiger partial charge in [0.05, 0.1) is 5.41 Å². The summed E-state index contributed by atoms with van der Waals surface area (Å²) in [5.74, 6) is 0.715. The lowest BCUT2D eigenvalue weighted by Crippen LogP contribution is -2.36. The summed E-state index contributed by atoms with van der Waals surface area (Å²) in [6, 6.07) is 0. The normalized spacial score (nSPS) is 15.6. The Bertz CT molecular complexity index is 472. The van der Waals surface area contributed by atoms with E-state index in [1.165, 1.54) is 0 Å². The smallest absolute Gasteiger partial charge is 0.310 e. The van der Waals surface area contributed by atoms with E-state index < -0.39 is 11.4 Å². The average molecular weight is 267 g/mol. The number of carboxylic acids is 1. The van der Waals surface area contributed by atoms with Crippen molar-refractivity contribution in [3.63, 3.8) is 0 Å². The van der Waals surface area contributed by atoms with E-state index in [9.17, 15) is 9.90 Å². The van der Waals surface area contributed by atoms with Crippen molar-refractivity contribution in [3.8, 4) is 0 Å². The summed E-state index contributed by atoms with van der Waals surface area (Å²) in [7, 11) is 1.82. The highest BCUT2D eigenvalue weighted by atomic mass is 16.4. The maximum Gasteiger partial charge on any atom is 0.310 e. The monoisotopic (exact) mass is 267 g/mol. The minimum absolute atomic E-state index is 0.0276. The molecule has 108 valence electrons. The molecule has 5 heteroatoms. The summed E-state index contributed by atoms with van der Waals surface area (Å²) in [5, 5.41) is 13.9. The summed E-state index contributed by atoms with van der Waals surface area (Å²) in [5.41, 5.74) is -0.955. The fourth-order valence-electron chi connectivity index (χ4n) is 1.74. The molecule has 0 amide bonds. The molecule has 1 unspecified atom stereocenters. The number of aromatic nitrogens is 3. The highest BCUT2D eigenvalue weighted by molar-refractivity contribution is 5.74. The molecule has 1 N–H and O–H groups in total. The topological polar surface area (TPSA) is 68.0 Å². The Morgan fingerprint density at radius 3 is 2.16 bits per heavy atom. The zero-order chi connectivity index (χ0) is 15.0. The van der Waals surface area contributed by atoms with Crippen LogP contribution in [-0.2, 0) is 23.7 Å². The van der Waals surface area contributed by atoms with Crippen LogP contribution < -0.4 is 0 Å². The third-order valence-electron chi connectivity index (χ3n) is 3.81. The molecule has 19 heavy (non-hydrogen) atoms. The molecule has 0 aliphatic heterocycles. The van der Waals surface area contributed by atoms with Gasteiger partial charge in [-0.2, -0.15) is 5.10 Å². The van der Waals surface area contributed by atoms with E-state index >= 15 is 0 Å². The lowest BCUT2D eigenvalue weighted by atomic mass is 9.76. The second-order valence-electron chi connectivity index (χ2n) is 6.78. The van der Waals surface area contributed by atoms with Gasteiger partial charge in [0.25, 0.3) is 0 Å².